The molecule has 37 heavy (non-hydrogen) atoms. The summed E-state index contributed by atoms with van der Waals surface area (Å²) in [6.07, 6.45) is 5.02. The average molecular weight is 527 g/mol. The van der Waals surface area contributed by atoms with Gasteiger partial charge in [-0.05, 0) is 77.6 Å². The number of cyclic esters (lactones) is 1. The zero-order valence-corrected chi connectivity index (χ0v) is 23.5. The van der Waals surface area contributed by atoms with Gasteiger partial charge in [0.05, 0.1) is 5.31 Å². The molecule has 3 nitrogen and oxygen atoms in total. The van der Waals surface area contributed by atoms with Crippen molar-refractivity contribution in [3.8, 4) is 0 Å². The number of allylic oxidation sites excluding steroid dienone is 4. The van der Waals surface area contributed by atoms with Crippen LogP contribution in [0.1, 0.15) is 36.5 Å². The van der Waals surface area contributed by atoms with Gasteiger partial charge in [-0.2, -0.15) is 0 Å². The van der Waals surface area contributed by atoms with Crippen molar-refractivity contribution in [2.75, 3.05) is 0 Å². The number of aliphatic hydroxyl groups excluding tert-OH is 1. The van der Waals surface area contributed by atoms with E-state index in [1.54, 1.807) is 0 Å². The Morgan fingerprint density at radius 3 is 1.57 bits per heavy atom. The minimum absolute atomic E-state index is 0.405. The second-order valence-corrected chi connectivity index (χ2v) is 14.2. The maximum Gasteiger partial charge on any atom is 0.342 e. The third-order valence-electron chi connectivity index (χ3n) is 6.85. The molecule has 1 aliphatic carbocycles. The van der Waals surface area contributed by atoms with Crippen molar-refractivity contribution in [3.05, 3.63) is 123 Å². The average Bonchev–Trinajstić information content (AvgIpc) is 3.17. The number of carbonyl (C=O) groups is 1. The van der Waals surface area contributed by atoms with Crippen LogP contribution in [0.25, 0.3) is 0 Å². The van der Waals surface area contributed by atoms with Crippen molar-refractivity contribution < 1.29 is 14.6 Å². The fraction of sp³-hybridized carbons (Fsp3) is 0.219. The van der Waals surface area contributed by atoms with Gasteiger partial charge in [0.15, 0.2) is 0 Å². The Balaban J connectivity index is 1.77. The van der Waals surface area contributed by atoms with Crippen molar-refractivity contribution in [2.24, 2.45) is 0 Å². The SMILES string of the molecule is CC1=CC=C(P(C2=C(P(c3ccc(C)cc3)c3ccc(C)cc3)C(=O)OC2O)c2ccc(C)cc2)CC1. The van der Waals surface area contributed by atoms with Crippen LogP contribution in [0.3, 0.4) is 0 Å². The van der Waals surface area contributed by atoms with Gasteiger partial charge in [0.1, 0.15) is 0 Å². The molecule has 2 aliphatic rings. The number of carbonyl (C=O) groups excluding carboxylic acids is 1. The molecule has 0 radical (unpaired) electrons. The molecular weight excluding hydrogens is 494 g/mol. The quantitative estimate of drug-likeness (QED) is 0.292. The van der Waals surface area contributed by atoms with Crippen LogP contribution < -0.4 is 15.9 Å². The maximum absolute atomic E-state index is 13.6. The Bertz CT molecular complexity index is 1350. The van der Waals surface area contributed by atoms with E-state index in [2.05, 4.69) is 113 Å². The Kier molecular flexibility index (Phi) is 7.59. The van der Waals surface area contributed by atoms with Gasteiger partial charge in [-0.15, -0.1) is 0 Å². The number of benzene rings is 3. The van der Waals surface area contributed by atoms with Crippen LogP contribution in [0.15, 0.2) is 106 Å². The summed E-state index contributed by atoms with van der Waals surface area (Å²) in [5.41, 5.74) is 4.87. The highest BCUT2D eigenvalue weighted by molar-refractivity contribution is 7.80. The van der Waals surface area contributed by atoms with Crippen LogP contribution in [0.5, 0.6) is 0 Å². The van der Waals surface area contributed by atoms with E-state index in [1.165, 1.54) is 27.6 Å². The predicted octanol–water partition coefficient (Wildman–Crippen LogP) is 6.56. The molecule has 5 rings (SSSR count). The smallest absolute Gasteiger partial charge is 0.342 e. The molecule has 1 heterocycles. The Hall–Kier alpha value is -2.83. The van der Waals surface area contributed by atoms with Gasteiger partial charge in [-0.3, -0.25) is 0 Å². The Morgan fingerprint density at radius 1 is 0.676 bits per heavy atom. The van der Waals surface area contributed by atoms with Gasteiger partial charge in [0.25, 0.3) is 0 Å². The first-order valence-electron chi connectivity index (χ1n) is 12.6. The molecule has 3 aromatic rings. The van der Waals surface area contributed by atoms with Gasteiger partial charge in [0.2, 0.25) is 6.29 Å². The molecule has 0 amide bonds. The minimum atomic E-state index is -1.25. The van der Waals surface area contributed by atoms with Crippen LogP contribution in [0, 0.1) is 20.8 Å². The van der Waals surface area contributed by atoms with E-state index in [4.69, 9.17) is 4.74 Å². The van der Waals surface area contributed by atoms with Gasteiger partial charge in [0, 0.05) is 5.31 Å². The number of rotatable bonds is 6. The van der Waals surface area contributed by atoms with Crippen molar-refractivity contribution in [2.45, 2.75) is 46.8 Å². The molecule has 0 saturated carbocycles. The third-order valence-corrected chi connectivity index (χ3v) is 12.2. The van der Waals surface area contributed by atoms with Crippen molar-refractivity contribution >= 4 is 37.7 Å². The molecule has 0 saturated heterocycles. The lowest BCUT2D eigenvalue weighted by molar-refractivity contribution is -0.150. The van der Waals surface area contributed by atoms with E-state index in [1.807, 2.05) is 0 Å². The number of hydrogen-bond acceptors (Lipinski definition) is 3. The molecule has 2 atom stereocenters. The molecule has 5 heteroatoms. The van der Waals surface area contributed by atoms with Crippen molar-refractivity contribution in [3.63, 3.8) is 0 Å². The first-order valence-corrected chi connectivity index (χ1v) is 15.3. The third kappa shape index (κ3) is 5.41. The molecule has 1 aliphatic heterocycles. The van der Waals surface area contributed by atoms with Crippen LogP contribution in [0.2, 0.25) is 0 Å². The summed E-state index contributed by atoms with van der Waals surface area (Å²) < 4.78 is 5.63. The van der Waals surface area contributed by atoms with E-state index in [0.717, 1.165) is 34.1 Å². The largest absolute Gasteiger partial charge is 0.428 e. The molecule has 1 N–H and O–H groups in total. The summed E-state index contributed by atoms with van der Waals surface area (Å²) in [5, 5.41) is 17.2. The monoisotopic (exact) mass is 526 g/mol. The van der Waals surface area contributed by atoms with Crippen LogP contribution >= 0.6 is 15.8 Å². The Labute approximate surface area is 222 Å². The van der Waals surface area contributed by atoms with Crippen LogP contribution in [0.4, 0.5) is 0 Å². The number of ether oxygens (including phenoxy) is 1. The van der Waals surface area contributed by atoms with E-state index in [-0.39, 0.29) is 0 Å². The first-order chi connectivity index (χ1) is 17.8. The summed E-state index contributed by atoms with van der Waals surface area (Å²) in [4.78, 5) is 13.6. The van der Waals surface area contributed by atoms with E-state index in [0.29, 0.717) is 5.31 Å². The summed E-state index contributed by atoms with van der Waals surface area (Å²) in [7, 11) is -2.34. The topological polar surface area (TPSA) is 46.5 Å². The maximum atomic E-state index is 13.6. The highest BCUT2D eigenvalue weighted by atomic mass is 31.1. The highest BCUT2D eigenvalue weighted by Gasteiger charge is 2.43. The number of hydrogen-bond donors (Lipinski definition) is 1. The molecular formula is C32H32O3P2. The van der Waals surface area contributed by atoms with Gasteiger partial charge in [-0.25, -0.2) is 4.79 Å². The molecule has 0 bridgehead atoms. The predicted molar refractivity (Wildman–Crippen MR) is 156 cm³/mol. The Morgan fingerprint density at radius 2 is 1.14 bits per heavy atom. The fourth-order valence-corrected chi connectivity index (χ4v) is 10.1. The van der Waals surface area contributed by atoms with Crippen LogP contribution in [-0.4, -0.2) is 17.4 Å². The molecule has 0 fully saturated rings. The number of esters is 1. The standard InChI is InChI=1S/C32H32O3P2/c1-21-5-13-25(14-6-21)36(26-15-7-22(2)8-16-26)29-30(32(34)35-31(29)33)37(27-17-9-23(3)10-18-27)28-19-11-24(4)12-20-28/h5-11,13-19,32,34H,12,20H2,1-4H3. The fourth-order valence-electron chi connectivity index (χ4n) is 4.72. The van der Waals surface area contributed by atoms with Gasteiger partial charge in [-0.1, -0.05) is 107 Å². The van der Waals surface area contributed by atoms with Gasteiger partial charge >= 0.3 is 5.97 Å². The summed E-state index contributed by atoms with van der Waals surface area (Å²) >= 11 is 0. The first kappa shape index (κ1) is 25.8. The lowest BCUT2D eigenvalue weighted by Crippen LogP contribution is -2.17. The second-order valence-electron chi connectivity index (χ2n) is 9.84. The number of aliphatic hydroxyl groups is 1. The summed E-state index contributed by atoms with van der Waals surface area (Å²) in [6.45, 7) is 8.36. The lowest BCUT2D eigenvalue weighted by atomic mass is 10.1. The summed E-state index contributed by atoms with van der Waals surface area (Å²) in [6, 6.07) is 25.3. The van der Waals surface area contributed by atoms with Crippen molar-refractivity contribution in [1.29, 1.82) is 0 Å². The molecule has 0 aromatic heterocycles. The zero-order chi connectivity index (χ0) is 26.1. The normalized spacial score (nSPS) is 18.5. The van der Waals surface area contributed by atoms with Crippen LogP contribution in [-0.2, 0) is 9.53 Å². The molecule has 3 aromatic carbocycles. The second kappa shape index (κ2) is 10.9. The van der Waals surface area contributed by atoms with E-state index < -0.39 is 28.1 Å². The zero-order valence-electron chi connectivity index (χ0n) is 21.7. The minimum Gasteiger partial charge on any atom is -0.428 e. The van der Waals surface area contributed by atoms with E-state index >= 15 is 0 Å². The summed E-state index contributed by atoms with van der Waals surface area (Å²) in [5.74, 6) is -0.405. The molecule has 2 unspecified atom stereocenters. The van der Waals surface area contributed by atoms with E-state index in [9.17, 15) is 9.90 Å². The van der Waals surface area contributed by atoms with Crippen molar-refractivity contribution in [1.82, 2.24) is 0 Å². The number of aryl methyl sites for hydroxylation is 3. The molecule has 0 spiro atoms. The van der Waals surface area contributed by atoms with Gasteiger partial charge < -0.3 is 9.84 Å². The highest BCUT2D eigenvalue weighted by Crippen LogP contribution is 2.63. The lowest BCUT2D eigenvalue weighted by Gasteiger charge is -2.28. The molecule has 188 valence electrons.